The number of hydrogen-bond donors (Lipinski definition) is 1. The summed E-state index contributed by atoms with van der Waals surface area (Å²) in [5.74, 6) is 0.220. The van der Waals surface area contributed by atoms with Gasteiger partial charge in [-0.1, -0.05) is 19.8 Å². The normalized spacial score (nSPS) is 34.4. The van der Waals surface area contributed by atoms with E-state index in [9.17, 15) is 4.79 Å². The lowest BCUT2D eigenvalue weighted by molar-refractivity contribution is -0.144. The van der Waals surface area contributed by atoms with E-state index in [1.54, 1.807) is 0 Å². The monoisotopic (exact) mass is 253 g/mol. The highest BCUT2D eigenvalue weighted by atomic mass is 16.4. The van der Waals surface area contributed by atoms with E-state index in [2.05, 4.69) is 11.8 Å². The van der Waals surface area contributed by atoms with E-state index in [1.165, 1.54) is 38.5 Å². The van der Waals surface area contributed by atoms with Gasteiger partial charge in [-0.2, -0.15) is 0 Å². The third kappa shape index (κ3) is 3.47. The van der Waals surface area contributed by atoms with Crippen LogP contribution in [0.25, 0.3) is 0 Å². The highest BCUT2D eigenvalue weighted by Crippen LogP contribution is 2.32. The Hall–Kier alpha value is -0.570. The van der Waals surface area contributed by atoms with Gasteiger partial charge in [0.1, 0.15) is 0 Å². The molecule has 1 aliphatic heterocycles. The Morgan fingerprint density at radius 2 is 1.94 bits per heavy atom. The maximum absolute atomic E-state index is 11.1. The van der Waals surface area contributed by atoms with Gasteiger partial charge in [0.15, 0.2) is 0 Å². The predicted molar refractivity (Wildman–Crippen MR) is 72.6 cm³/mol. The lowest BCUT2D eigenvalue weighted by atomic mass is 9.82. The lowest BCUT2D eigenvalue weighted by Gasteiger charge is -2.40. The molecule has 0 aromatic rings. The SMILES string of the molecule is CCCC1CCC(N2CCCC(C(=O)O)C2)CC1. The maximum Gasteiger partial charge on any atom is 0.307 e. The molecule has 3 nitrogen and oxygen atoms in total. The third-order valence-corrected chi connectivity index (χ3v) is 4.83. The summed E-state index contributed by atoms with van der Waals surface area (Å²) < 4.78 is 0. The van der Waals surface area contributed by atoms with Crippen LogP contribution in [0.1, 0.15) is 58.3 Å². The van der Waals surface area contributed by atoms with Gasteiger partial charge in [-0.3, -0.25) is 9.69 Å². The molecule has 1 saturated heterocycles. The molecule has 0 aromatic heterocycles. The molecule has 0 amide bonds. The molecule has 1 atom stereocenters. The molecular weight excluding hydrogens is 226 g/mol. The Kier molecular flexibility index (Phi) is 5.04. The first kappa shape index (κ1) is 13.9. The summed E-state index contributed by atoms with van der Waals surface area (Å²) in [7, 11) is 0. The fraction of sp³-hybridized carbons (Fsp3) is 0.933. The second kappa shape index (κ2) is 6.55. The Labute approximate surface area is 111 Å². The van der Waals surface area contributed by atoms with Gasteiger partial charge in [-0.25, -0.2) is 0 Å². The van der Waals surface area contributed by atoms with Crippen LogP contribution in [0, 0.1) is 11.8 Å². The molecule has 1 unspecified atom stereocenters. The van der Waals surface area contributed by atoms with Crippen molar-refractivity contribution in [1.82, 2.24) is 4.90 Å². The van der Waals surface area contributed by atoms with Crippen LogP contribution in [0.15, 0.2) is 0 Å². The minimum absolute atomic E-state index is 0.118. The van der Waals surface area contributed by atoms with Crippen LogP contribution < -0.4 is 0 Å². The van der Waals surface area contributed by atoms with Crippen LogP contribution in [0.3, 0.4) is 0 Å². The molecule has 18 heavy (non-hydrogen) atoms. The number of carboxylic acid groups (broad SMARTS) is 1. The molecular formula is C15H27NO2. The Morgan fingerprint density at radius 3 is 2.56 bits per heavy atom. The Bertz CT molecular complexity index is 272. The zero-order valence-corrected chi connectivity index (χ0v) is 11.6. The number of carboxylic acids is 1. The summed E-state index contributed by atoms with van der Waals surface area (Å²) in [5, 5.41) is 9.14. The van der Waals surface area contributed by atoms with Gasteiger partial charge in [0.05, 0.1) is 5.92 Å². The van der Waals surface area contributed by atoms with Gasteiger partial charge in [0.25, 0.3) is 0 Å². The molecule has 2 rings (SSSR count). The molecule has 3 heteroatoms. The number of rotatable bonds is 4. The second-order valence-corrected chi connectivity index (χ2v) is 6.14. The topological polar surface area (TPSA) is 40.5 Å². The molecule has 0 radical (unpaired) electrons. The minimum Gasteiger partial charge on any atom is -0.481 e. The summed E-state index contributed by atoms with van der Waals surface area (Å²) in [4.78, 5) is 13.6. The van der Waals surface area contributed by atoms with Crippen molar-refractivity contribution in [2.45, 2.75) is 64.3 Å². The third-order valence-electron chi connectivity index (χ3n) is 4.83. The summed E-state index contributed by atoms with van der Waals surface area (Å²) in [5.41, 5.74) is 0. The van der Waals surface area contributed by atoms with Crippen LogP contribution in [-0.4, -0.2) is 35.1 Å². The number of nitrogens with zero attached hydrogens (tertiary/aromatic N) is 1. The summed E-state index contributed by atoms with van der Waals surface area (Å²) in [6.45, 7) is 4.18. The van der Waals surface area contributed by atoms with Gasteiger partial charge >= 0.3 is 5.97 Å². The molecule has 0 spiro atoms. The standard InChI is InChI=1S/C15H27NO2/c1-2-4-12-6-8-14(9-7-12)16-10-3-5-13(11-16)15(17)18/h12-14H,2-11H2,1H3,(H,17,18). The van der Waals surface area contributed by atoms with Crippen LogP contribution in [0.5, 0.6) is 0 Å². The molecule has 104 valence electrons. The van der Waals surface area contributed by atoms with E-state index in [4.69, 9.17) is 5.11 Å². The second-order valence-electron chi connectivity index (χ2n) is 6.14. The fourth-order valence-electron chi connectivity index (χ4n) is 3.75. The van der Waals surface area contributed by atoms with Crippen molar-refractivity contribution in [3.63, 3.8) is 0 Å². The van der Waals surface area contributed by atoms with Crippen molar-refractivity contribution in [3.8, 4) is 0 Å². The summed E-state index contributed by atoms with van der Waals surface area (Å²) in [6.07, 6.45) is 9.90. The van der Waals surface area contributed by atoms with Gasteiger partial charge in [0, 0.05) is 12.6 Å². The molecule has 0 aromatic carbocycles. The number of carbonyl (C=O) groups is 1. The van der Waals surface area contributed by atoms with Crippen LogP contribution in [0.4, 0.5) is 0 Å². The quantitative estimate of drug-likeness (QED) is 0.836. The number of piperidine rings is 1. The van der Waals surface area contributed by atoms with Crippen molar-refractivity contribution in [2.24, 2.45) is 11.8 Å². The average molecular weight is 253 g/mol. The average Bonchev–Trinajstić information content (AvgIpc) is 2.40. The first-order valence-electron chi connectivity index (χ1n) is 7.67. The number of likely N-dealkylation sites (tertiary alicyclic amines) is 1. The summed E-state index contributed by atoms with van der Waals surface area (Å²) >= 11 is 0. The van der Waals surface area contributed by atoms with E-state index in [-0.39, 0.29) is 5.92 Å². The molecule has 2 aliphatic rings. The highest BCUT2D eigenvalue weighted by Gasteiger charge is 2.31. The molecule has 0 bridgehead atoms. The molecule has 2 fully saturated rings. The first-order valence-corrected chi connectivity index (χ1v) is 7.67. The molecule has 1 N–H and O–H groups in total. The van der Waals surface area contributed by atoms with E-state index >= 15 is 0 Å². The largest absolute Gasteiger partial charge is 0.481 e. The Balaban J connectivity index is 1.80. The maximum atomic E-state index is 11.1. The highest BCUT2D eigenvalue weighted by molar-refractivity contribution is 5.70. The molecule has 1 aliphatic carbocycles. The van der Waals surface area contributed by atoms with Crippen molar-refractivity contribution in [1.29, 1.82) is 0 Å². The molecule has 1 heterocycles. The van der Waals surface area contributed by atoms with Crippen LogP contribution >= 0.6 is 0 Å². The lowest BCUT2D eigenvalue weighted by Crippen LogP contribution is -2.46. The predicted octanol–water partition coefficient (Wildman–Crippen LogP) is 3.14. The first-order chi connectivity index (χ1) is 8.70. The van der Waals surface area contributed by atoms with Crippen molar-refractivity contribution >= 4 is 5.97 Å². The van der Waals surface area contributed by atoms with E-state index < -0.39 is 5.97 Å². The van der Waals surface area contributed by atoms with Crippen molar-refractivity contribution < 1.29 is 9.90 Å². The smallest absolute Gasteiger partial charge is 0.307 e. The molecule has 1 saturated carbocycles. The van der Waals surface area contributed by atoms with E-state index in [0.717, 1.165) is 31.8 Å². The zero-order chi connectivity index (χ0) is 13.0. The number of hydrogen-bond acceptors (Lipinski definition) is 2. The zero-order valence-electron chi connectivity index (χ0n) is 11.6. The van der Waals surface area contributed by atoms with E-state index in [1.807, 2.05) is 0 Å². The number of aliphatic carboxylic acids is 1. The van der Waals surface area contributed by atoms with Crippen LogP contribution in [0.2, 0.25) is 0 Å². The van der Waals surface area contributed by atoms with Crippen molar-refractivity contribution in [3.05, 3.63) is 0 Å². The minimum atomic E-state index is -0.598. The van der Waals surface area contributed by atoms with Gasteiger partial charge < -0.3 is 5.11 Å². The fourth-order valence-corrected chi connectivity index (χ4v) is 3.75. The van der Waals surface area contributed by atoms with E-state index in [0.29, 0.717) is 6.04 Å². The van der Waals surface area contributed by atoms with Gasteiger partial charge in [-0.05, 0) is 51.0 Å². The van der Waals surface area contributed by atoms with Crippen molar-refractivity contribution in [2.75, 3.05) is 13.1 Å². The Morgan fingerprint density at radius 1 is 1.22 bits per heavy atom. The van der Waals surface area contributed by atoms with Crippen LogP contribution in [-0.2, 0) is 4.79 Å². The van der Waals surface area contributed by atoms with Gasteiger partial charge in [-0.15, -0.1) is 0 Å². The van der Waals surface area contributed by atoms with Gasteiger partial charge in [0.2, 0.25) is 0 Å². The summed E-state index contributed by atoms with van der Waals surface area (Å²) in [6, 6.07) is 0.667.